The van der Waals surface area contributed by atoms with Crippen LogP contribution in [0.1, 0.15) is 12.8 Å². The Hall–Kier alpha value is -2.67. The molecule has 0 aliphatic heterocycles. The standard InChI is InChI=1S/C14H16N4O3/c15-10(5-6-13(19)20)14(21)17-11-3-1-2-4-12(11)18-8-7-16-9-18/h1-4,7-10H,5-6,15H2,(H,17,21)(H,19,20). The van der Waals surface area contributed by atoms with Crippen LogP contribution >= 0.6 is 0 Å². The molecule has 1 aromatic heterocycles. The van der Waals surface area contributed by atoms with Crippen molar-refractivity contribution >= 4 is 17.6 Å². The minimum absolute atomic E-state index is 0.0917. The number of aromatic nitrogens is 2. The minimum Gasteiger partial charge on any atom is -0.481 e. The van der Waals surface area contributed by atoms with E-state index in [1.165, 1.54) is 0 Å². The zero-order valence-electron chi connectivity index (χ0n) is 11.3. The summed E-state index contributed by atoms with van der Waals surface area (Å²) in [6.07, 6.45) is 4.97. The zero-order chi connectivity index (χ0) is 15.2. The van der Waals surface area contributed by atoms with Gasteiger partial charge in [-0.15, -0.1) is 0 Å². The molecule has 1 amide bonds. The van der Waals surface area contributed by atoms with E-state index in [9.17, 15) is 9.59 Å². The molecule has 0 aliphatic rings. The number of hydrogen-bond acceptors (Lipinski definition) is 4. The van der Waals surface area contributed by atoms with Crippen LogP contribution in [0.2, 0.25) is 0 Å². The summed E-state index contributed by atoms with van der Waals surface area (Å²) in [4.78, 5) is 26.5. The first-order valence-electron chi connectivity index (χ1n) is 6.43. The lowest BCUT2D eigenvalue weighted by Crippen LogP contribution is -2.36. The number of carboxylic acids is 1. The lowest BCUT2D eigenvalue weighted by atomic mass is 10.1. The molecule has 21 heavy (non-hydrogen) atoms. The Morgan fingerprint density at radius 3 is 2.81 bits per heavy atom. The van der Waals surface area contributed by atoms with E-state index in [0.717, 1.165) is 5.69 Å². The smallest absolute Gasteiger partial charge is 0.303 e. The van der Waals surface area contributed by atoms with Crippen molar-refractivity contribution in [1.29, 1.82) is 0 Å². The summed E-state index contributed by atoms with van der Waals surface area (Å²) < 4.78 is 1.76. The molecule has 0 bridgehead atoms. The highest BCUT2D eigenvalue weighted by Gasteiger charge is 2.16. The molecule has 0 radical (unpaired) electrons. The predicted octanol–water partition coefficient (Wildman–Crippen LogP) is 1.00. The summed E-state index contributed by atoms with van der Waals surface area (Å²) in [5, 5.41) is 11.3. The zero-order valence-corrected chi connectivity index (χ0v) is 11.3. The second-order valence-electron chi connectivity index (χ2n) is 4.52. The van der Waals surface area contributed by atoms with E-state index in [-0.39, 0.29) is 12.8 Å². The Kier molecular flexibility index (Phi) is 4.68. The van der Waals surface area contributed by atoms with E-state index in [4.69, 9.17) is 10.8 Å². The van der Waals surface area contributed by atoms with Gasteiger partial charge < -0.3 is 20.7 Å². The molecule has 110 valence electrons. The maximum absolute atomic E-state index is 12.0. The third kappa shape index (κ3) is 3.90. The molecule has 0 saturated heterocycles. The number of nitrogens with zero attached hydrogens (tertiary/aromatic N) is 2. The van der Waals surface area contributed by atoms with Gasteiger partial charge in [0.2, 0.25) is 5.91 Å². The molecular weight excluding hydrogens is 272 g/mol. The highest BCUT2D eigenvalue weighted by Crippen LogP contribution is 2.19. The fourth-order valence-corrected chi connectivity index (χ4v) is 1.84. The van der Waals surface area contributed by atoms with Crippen molar-refractivity contribution in [2.45, 2.75) is 18.9 Å². The van der Waals surface area contributed by atoms with Crippen LogP contribution in [0.5, 0.6) is 0 Å². The average Bonchev–Trinajstić information content (AvgIpc) is 2.99. The van der Waals surface area contributed by atoms with Crippen LogP contribution in [0.3, 0.4) is 0 Å². The summed E-state index contributed by atoms with van der Waals surface area (Å²) in [6.45, 7) is 0. The Balaban J connectivity index is 2.09. The van der Waals surface area contributed by atoms with E-state index < -0.39 is 17.9 Å². The van der Waals surface area contributed by atoms with Gasteiger partial charge >= 0.3 is 5.97 Å². The second-order valence-corrected chi connectivity index (χ2v) is 4.52. The van der Waals surface area contributed by atoms with Crippen LogP contribution in [0, 0.1) is 0 Å². The van der Waals surface area contributed by atoms with Crippen molar-refractivity contribution < 1.29 is 14.7 Å². The fraction of sp³-hybridized carbons (Fsp3) is 0.214. The number of para-hydroxylation sites is 2. The van der Waals surface area contributed by atoms with Gasteiger partial charge in [-0.3, -0.25) is 9.59 Å². The third-order valence-electron chi connectivity index (χ3n) is 2.95. The molecule has 0 fully saturated rings. The van der Waals surface area contributed by atoms with Crippen LogP contribution in [0.4, 0.5) is 5.69 Å². The number of carbonyl (C=O) groups excluding carboxylic acids is 1. The number of imidazole rings is 1. The van der Waals surface area contributed by atoms with Crippen molar-refractivity contribution in [3.8, 4) is 5.69 Å². The van der Waals surface area contributed by atoms with Crippen molar-refractivity contribution in [3.05, 3.63) is 43.0 Å². The lowest BCUT2D eigenvalue weighted by molar-refractivity contribution is -0.137. The molecule has 2 rings (SSSR count). The van der Waals surface area contributed by atoms with Crippen molar-refractivity contribution in [2.75, 3.05) is 5.32 Å². The van der Waals surface area contributed by atoms with Gasteiger partial charge in [-0.1, -0.05) is 12.1 Å². The molecular formula is C14H16N4O3. The highest BCUT2D eigenvalue weighted by atomic mass is 16.4. The lowest BCUT2D eigenvalue weighted by Gasteiger charge is -2.14. The van der Waals surface area contributed by atoms with Gasteiger partial charge in [0.05, 0.1) is 23.7 Å². The van der Waals surface area contributed by atoms with Crippen LogP contribution in [-0.4, -0.2) is 32.6 Å². The Morgan fingerprint density at radius 2 is 2.14 bits per heavy atom. The SMILES string of the molecule is NC(CCC(=O)O)C(=O)Nc1ccccc1-n1ccnc1. The molecule has 1 heterocycles. The van der Waals surface area contributed by atoms with Gasteiger partial charge in [0.15, 0.2) is 0 Å². The van der Waals surface area contributed by atoms with E-state index in [1.807, 2.05) is 12.1 Å². The van der Waals surface area contributed by atoms with Gasteiger partial charge in [-0.05, 0) is 18.6 Å². The monoisotopic (exact) mass is 288 g/mol. The Bertz CT molecular complexity index is 625. The number of amides is 1. The van der Waals surface area contributed by atoms with Crippen LogP contribution in [-0.2, 0) is 9.59 Å². The number of aliphatic carboxylic acids is 1. The van der Waals surface area contributed by atoms with E-state index in [2.05, 4.69) is 10.3 Å². The van der Waals surface area contributed by atoms with Crippen molar-refractivity contribution in [1.82, 2.24) is 9.55 Å². The first-order chi connectivity index (χ1) is 10.1. The predicted molar refractivity (Wildman–Crippen MR) is 77.0 cm³/mol. The van der Waals surface area contributed by atoms with Gasteiger partial charge in [0.25, 0.3) is 0 Å². The molecule has 7 nitrogen and oxygen atoms in total. The van der Waals surface area contributed by atoms with Crippen LogP contribution in [0.25, 0.3) is 5.69 Å². The normalized spacial score (nSPS) is 11.9. The molecule has 2 aromatic rings. The number of nitrogens with two attached hydrogens (primary N) is 1. The number of nitrogens with one attached hydrogen (secondary N) is 1. The highest BCUT2D eigenvalue weighted by molar-refractivity contribution is 5.96. The van der Waals surface area contributed by atoms with E-state index in [1.54, 1.807) is 35.4 Å². The summed E-state index contributed by atoms with van der Waals surface area (Å²) in [5.74, 6) is -1.39. The van der Waals surface area contributed by atoms with Gasteiger partial charge in [0.1, 0.15) is 0 Å². The number of rotatable bonds is 6. The van der Waals surface area contributed by atoms with Gasteiger partial charge in [-0.25, -0.2) is 4.98 Å². The second kappa shape index (κ2) is 6.67. The molecule has 7 heteroatoms. The number of hydrogen-bond donors (Lipinski definition) is 3. The van der Waals surface area contributed by atoms with E-state index in [0.29, 0.717) is 5.69 Å². The van der Waals surface area contributed by atoms with E-state index >= 15 is 0 Å². The molecule has 1 atom stereocenters. The molecule has 0 spiro atoms. The first kappa shape index (κ1) is 14.7. The summed E-state index contributed by atoms with van der Waals surface area (Å²) in [7, 11) is 0. The largest absolute Gasteiger partial charge is 0.481 e. The minimum atomic E-state index is -0.975. The van der Waals surface area contributed by atoms with Gasteiger partial charge in [0, 0.05) is 18.8 Å². The van der Waals surface area contributed by atoms with Gasteiger partial charge in [-0.2, -0.15) is 0 Å². The quantitative estimate of drug-likeness (QED) is 0.734. The summed E-state index contributed by atoms with van der Waals surface area (Å²) >= 11 is 0. The number of carboxylic acid groups (broad SMARTS) is 1. The summed E-state index contributed by atoms with van der Waals surface area (Å²) in [6, 6.07) is 6.35. The van der Waals surface area contributed by atoms with Crippen molar-refractivity contribution in [3.63, 3.8) is 0 Å². The fourth-order valence-electron chi connectivity index (χ4n) is 1.84. The maximum Gasteiger partial charge on any atom is 0.303 e. The topological polar surface area (TPSA) is 110 Å². The molecule has 0 saturated carbocycles. The van der Waals surface area contributed by atoms with Crippen molar-refractivity contribution in [2.24, 2.45) is 5.73 Å². The van der Waals surface area contributed by atoms with Crippen LogP contribution < -0.4 is 11.1 Å². The first-order valence-corrected chi connectivity index (χ1v) is 6.43. The maximum atomic E-state index is 12.0. The number of carbonyl (C=O) groups is 2. The average molecular weight is 288 g/mol. The number of benzene rings is 1. The summed E-state index contributed by atoms with van der Waals surface area (Å²) in [5.41, 5.74) is 7.03. The molecule has 0 aliphatic carbocycles. The van der Waals surface area contributed by atoms with Crippen LogP contribution in [0.15, 0.2) is 43.0 Å². The number of anilines is 1. The Labute approximate surface area is 121 Å². The molecule has 1 aromatic carbocycles. The molecule has 4 N–H and O–H groups in total. The molecule has 1 unspecified atom stereocenters. The Morgan fingerprint density at radius 1 is 1.38 bits per heavy atom. The third-order valence-corrected chi connectivity index (χ3v) is 2.95.